The fourth-order valence-electron chi connectivity index (χ4n) is 3.80. The molecule has 0 saturated heterocycles. The van der Waals surface area contributed by atoms with Gasteiger partial charge in [-0.3, -0.25) is 0 Å². The van der Waals surface area contributed by atoms with Crippen LogP contribution in [0.5, 0.6) is 23.0 Å². The first-order valence-corrected chi connectivity index (χ1v) is 13.1. The Morgan fingerprint density at radius 3 is 1.16 bits per heavy atom. The minimum absolute atomic E-state index is 0.633. The number of rotatable bonds is 10. The average Bonchev–Trinajstić information content (AvgIpc) is 2.99. The van der Waals surface area contributed by atoms with Gasteiger partial charge in [0.15, 0.2) is 9.79 Å². The predicted molar refractivity (Wildman–Crippen MR) is 155 cm³/mol. The van der Waals surface area contributed by atoms with Crippen LogP contribution in [0.4, 0.5) is 0 Å². The van der Waals surface area contributed by atoms with Gasteiger partial charge in [-0.1, -0.05) is 36.4 Å². The lowest BCUT2D eigenvalue weighted by Gasteiger charge is -2.16. The highest BCUT2D eigenvalue weighted by molar-refractivity contribution is 7.91. The molecule has 0 saturated carbocycles. The van der Waals surface area contributed by atoms with Gasteiger partial charge in [0.05, 0.1) is 28.4 Å². The van der Waals surface area contributed by atoms with E-state index >= 15 is 0 Å². The van der Waals surface area contributed by atoms with Crippen LogP contribution < -0.4 is 18.9 Å². The van der Waals surface area contributed by atoms with Gasteiger partial charge in [0.25, 0.3) is 0 Å². The molecule has 6 heteroatoms. The molecule has 0 aliphatic rings. The summed E-state index contributed by atoms with van der Waals surface area (Å²) in [4.78, 5) is 1.28. The van der Waals surface area contributed by atoms with Crippen LogP contribution in [-0.4, -0.2) is 33.0 Å². The van der Waals surface area contributed by atoms with Crippen molar-refractivity contribution in [1.29, 1.82) is 0 Å². The van der Waals surface area contributed by atoms with E-state index in [1.54, 1.807) is 28.4 Å². The van der Waals surface area contributed by atoms with E-state index in [1.165, 1.54) is 0 Å². The summed E-state index contributed by atoms with van der Waals surface area (Å²) < 4.78 is 35.5. The van der Waals surface area contributed by atoms with Gasteiger partial charge in [-0.25, -0.2) is 0 Å². The van der Waals surface area contributed by atoms with Gasteiger partial charge in [0.1, 0.15) is 23.0 Å². The first-order chi connectivity index (χ1) is 18.5. The van der Waals surface area contributed by atoms with Crippen LogP contribution >= 0.6 is 0 Å². The fourth-order valence-corrected chi connectivity index (χ4v) is 5.18. The van der Waals surface area contributed by atoms with E-state index in [4.69, 9.17) is 18.9 Å². The Morgan fingerprint density at radius 2 is 0.816 bits per heavy atom. The molecule has 0 bridgehead atoms. The van der Waals surface area contributed by atoms with Crippen molar-refractivity contribution < 1.29 is 23.5 Å². The number of hydrogen-bond donors (Lipinski definition) is 0. The second kappa shape index (κ2) is 12.9. The molecule has 0 aromatic heterocycles. The van der Waals surface area contributed by atoms with Crippen molar-refractivity contribution in [3.63, 3.8) is 0 Å². The summed E-state index contributed by atoms with van der Waals surface area (Å²) in [7, 11) is 6.48. The topological polar surface area (TPSA) is 60.0 Å². The Kier molecular flexibility index (Phi) is 9.14. The van der Waals surface area contributed by atoms with Crippen molar-refractivity contribution in [2.24, 2.45) is 0 Å². The first kappa shape index (κ1) is 26.9. The van der Waals surface area contributed by atoms with E-state index in [0.29, 0.717) is 21.3 Å². The lowest BCUT2D eigenvalue weighted by atomic mass is 10.1. The Morgan fingerprint density at radius 1 is 0.474 bits per heavy atom. The Bertz CT molecular complexity index is 1300. The molecular formula is C32H30O5S. The molecule has 0 aliphatic carbocycles. The van der Waals surface area contributed by atoms with Gasteiger partial charge in [-0.05, 0) is 71.8 Å². The van der Waals surface area contributed by atoms with E-state index in [2.05, 4.69) is 0 Å². The highest BCUT2D eigenvalue weighted by atomic mass is 32.2. The molecule has 0 aliphatic heterocycles. The molecular weight excluding hydrogens is 496 g/mol. The summed E-state index contributed by atoms with van der Waals surface area (Å²) in [5.74, 6) is 2.85. The smallest absolute Gasteiger partial charge is 0.169 e. The zero-order chi connectivity index (χ0) is 26.9. The van der Waals surface area contributed by atoms with Crippen molar-refractivity contribution in [3.8, 4) is 23.0 Å². The van der Waals surface area contributed by atoms with Crippen LogP contribution in [-0.2, 0) is 11.2 Å². The molecule has 0 amide bonds. The third-order valence-corrected chi connectivity index (χ3v) is 7.49. The van der Waals surface area contributed by atoms with Crippen LogP contribution in [0.3, 0.4) is 0 Å². The molecule has 194 valence electrons. The average molecular weight is 527 g/mol. The molecule has 4 rings (SSSR count). The third kappa shape index (κ3) is 6.59. The van der Waals surface area contributed by atoms with E-state index in [-0.39, 0.29) is 0 Å². The predicted octanol–water partition coefficient (Wildman–Crippen LogP) is 7.23. The Balaban J connectivity index is 1.71. The summed E-state index contributed by atoms with van der Waals surface area (Å²) >= 11 is -1.52. The van der Waals surface area contributed by atoms with E-state index in [0.717, 1.165) is 33.8 Å². The van der Waals surface area contributed by atoms with Crippen LogP contribution in [0.2, 0.25) is 0 Å². The van der Waals surface area contributed by atoms with Crippen LogP contribution in [0.15, 0.2) is 94.7 Å². The number of benzene rings is 4. The maximum absolute atomic E-state index is 14.1. The maximum Gasteiger partial charge on any atom is 0.169 e. The largest absolute Gasteiger partial charge is 0.606 e. The zero-order valence-corrected chi connectivity index (χ0v) is 22.7. The highest BCUT2D eigenvalue weighted by Crippen LogP contribution is 2.34. The summed E-state index contributed by atoms with van der Waals surface area (Å²) in [6.07, 6.45) is 7.89. The summed E-state index contributed by atoms with van der Waals surface area (Å²) in [5.41, 5.74) is 3.66. The molecule has 0 spiro atoms. The van der Waals surface area contributed by atoms with Crippen molar-refractivity contribution in [1.82, 2.24) is 0 Å². The van der Waals surface area contributed by atoms with Crippen molar-refractivity contribution in [2.45, 2.75) is 9.79 Å². The van der Waals surface area contributed by atoms with Crippen LogP contribution in [0.25, 0.3) is 24.3 Å². The number of methoxy groups -OCH3 is 4. The highest BCUT2D eigenvalue weighted by Gasteiger charge is 2.23. The van der Waals surface area contributed by atoms with Gasteiger partial charge in [0, 0.05) is 34.4 Å². The van der Waals surface area contributed by atoms with Crippen LogP contribution in [0.1, 0.15) is 22.3 Å². The van der Waals surface area contributed by atoms with E-state index in [1.807, 2.05) is 109 Å². The standard InChI is InChI=1S/C32H30O5S/c1-34-27-15-7-23(8-16-27)5-11-25-13-19-29(36-3)21-31(25)38(33)32-22-30(37-4)20-14-26(32)12-6-24-9-17-28(35-2)18-10-24/h5-22H,1-4H3/b11-5+,12-6+. The van der Waals surface area contributed by atoms with Crippen LogP contribution in [0, 0.1) is 0 Å². The van der Waals surface area contributed by atoms with Gasteiger partial charge in [0.2, 0.25) is 0 Å². The summed E-state index contributed by atoms with van der Waals surface area (Å²) in [6.45, 7) is 0. The lowest BCUT2D eigenvalue weighted by Crippen LogP contribution is -2.07. The molecule has 0 unspecified atom stereocenters. The van der Waals surface area contributed by atoms with Crippen molar-refractivity contribution >= 4 is 35.5 Å². The molecule has 38 heavy (non-hydrogen) atoms. The Labute approximate surface area is 227 Å². The Hall–Kier alpha value is -4.13. The second-order valence-electron chi connectivity index (χ2n) is 8.29. The minimum atomic E-state index is -1.52. The fraction of sp³-hybridized carbons (Fsp3) is 0.125. The zero-order valence-electron chi connectivity index (χ0n) is 21.8. The van der Waals surface area contributed by atoms with Crippen molar-refractivity contribution in [3.05, 3.63) is 107 Å². The van der Waals surface area contributed by atoms with Gasteiger partial charge >= 0.3 is 0 Å². The molecule has 0 atom stereocenters. The van der Waals surface area contributed by atoms with E-state index < -0.39 is 11.2 Å². The summed E-state index contributed by atoms with van der Waals surface area (Å²) in [5, 5.41) is 0. The molecule has 0 radical (unpaired) electrons. The molecule has 0 N–H and O–H groups in total. The maximum atomic E-state index is 14.1. The van der Waals surface area contributed by atoms with Crippen molar-refractivity contribution in [2.75, 3.05) is 28.4 Å². The van der Waals surface area contributed by atoms with Gasteiger partial charge in [-0.15, -0.1) is 0 Å². The molecule has 4 aromatic rings. The quantitative estimate of drug-likeness (QED) is 0.161. The SMILES string of the molecule is COc1ccc(/C=C/c2ccc(OC)cc2[S+]([O-])c2cc(OC)ccc2/C=C/c2ccc(OC)cc2)cc1. The normalized spacial score (nSPS) is 11.3. The van der Waals surface area contributed by atoms with Gasteiger partial charge in [-0.2, -0.15) is 0 Å². The number of ether oxygens (including phenoxy) is 4. The number of hydrogen-bond acceptors (Lipinski definition) is 5. The summed E-state index contributed by atoms with van der Waals surface area (Å²) in [6, 6.07) is 26.7. The molecule has 0 fully saturated rings. The third-order valence-electron chi connectivity index (χ3n) is 5.98. The lowest BCUT2D eigenvalue weighted by molar-refractivity contribution is 0.413. The van der Waals surface area contributed by atoms with E-state index in [9.17, 15) is 4.55 Å². The first-order valence-electron chi connectivity index (χ1n) is 12.0. The molecule has 5 nitrogen and oxygen atoms in total. The van der Waals surface area contributed by atoms with Gasteiger partial charge < -0.3 is 23.5 Å². The second-order valence-corrected chi connectivity index (χ2v) is 9.71. The monoisotopic (exact) mass is 526 g/mol. The molecule has 0 heterocycles. The molecule has 4 aromatic carbocycles. The minimum Gasteiger partial charge on any atom is -0.606 e.